The van der Waals surface area contributed by atoms with Crippen LogP contribution in [0.3, 0.4) is 0 Å². The van der Waals surface area contributed by atoms with Crippen LogP contribution in [0.2, 0.25) is 0 Å². The highest BCUT2D eigenvalue weighted by atomic mass is 32.1. The van der Waals surface area contributed by atoms with Crippen molar-refractivity contribution < 1.29 is 0 Å². The Kier molecular flexibility index (Phi) is 4.27. The van der Waals surface area contributed by atoms with Crippen LogP contribution in [0.4, 0.5) is 0 Å². The minimum absolute atomic E-state index is 0.147. The van der Waals surface area contributed by atoms with Gasteiger partial charge in [0.25, 0.3) is 0 Å². The van der Waals surface area contributed by atoms with E-state index in [1.54, 1.807) is 0 Å². The molecule has 0 aromatic carbocycles. The molecule has 5 heteroatoms. The molecule has 0 saturated carbocycles. The molecule has 0 fully saturated rings. The van der Waals surface area contributed by atoms with Gasteiger partial charge in [0.15, 0.2) is 0 Å². The van der Waals surface area contributed by atoms with Crippen LogP contribution in [0, 0.1) is 5.92 Å². The number of nitrogens with one attached hydrogen (secondary N) is 1. The van der Waals surface area contributed by atoms with Crippen LogP contribution in [0.25, 0.3) is 0 Å². The van der Waals surface area contributed by atoms with E-state index >= 15 is 0 Å². The van der Waals surface area contributed by atoms with Crippen molar-refractivity contribution in [2.45, 2.75) is 32.7 Å². The Morgan fingerprint density at radius 1 is 1.54 bits per heavy atom. The van der Waals surface area contributed by atoms with Gasteiger partial charge in [-0.3, -0.25) is 11.3 Å². The Labute approximate surface area is 82.7 Å². The molecule has 0 spiro atoms. The van der Waals surface area contributed by atoms with E-state index < -0.39 is 0 Å². The second-order valence-corrected chi connectivity index (χ2v) is 3.66. The Morgan fingerprint density at radius 3 is 2.62 bits per heavy atom. The molecule has 0 amide bonds. The topological polar surface area (TPSA) is 63.8 Å². The quantitative estimate of drug-likeness (QED) is 0.558. The molecule has 0 bridgehead atoms. The van der Waals surface area contributed by atoms with E-state index in [1.807, 2.05) is 5.38 Å². The SMILES string of the molecule is CCC(CC)C(NN)c1csnn1. The lowest BCUT2D eigenvalue weighted by Gasteiger charge is -2.22. The number of hydrogen-bond donors (Lipinski definition) is 2. The van der Waals surface area contributed by atoms with Crippen LogP contribution >= 0.6 is 11.5 Å². The maximum Gasteiger partial charge on any atom is 0.0941 e. The monoisotopic (exact) mass is 200 g/mol. The standard InChI is InChI=1S/C8H16N4S/c1-3-6(4-2)8(10-9)7-5-13-12-11-7/h5-6,8,10H,3-4,9H2,1-2H3. The van der Waals surface area contributed by atoms with Crippen LogP contribution < -0.4 is 11.3 Å². The molecule has 1 atom stereocenters. The second-order valence-electron chi connectivity index (χ2n) is 3.05. The van der Waals surface area contributed by atoms with Gasteiger partial charge in [0.2, 0.25) is 0 Å². The Bertz CT molecular complexity index is 220. The van der Waals surface area contributed by atoms with E-state index in [4.69, 9.17) is 5.84 Å². The van der Waals surface area contributed by atoms with Crippen LogP contribution in [0.1, 0.15) is 38.4 Å². The molecule has 74 valence electrons. The fourth-order valence-electron chi connectivity index (χ4n) is 1.53. The summed E-state index contributed by atoms with van der Waals surface area (Å²) in [5.41, 5.74) is 3.77. The van der Waals surface area contributed by atoms with Crippen molar-refractivity contribution in [3.8, 4) is 0 Å². The van der Waals surface area contributed by atoms with Crippen LogP contribution in [-0.2, 0) is 0 Å². The Morgan fingerprint density at radius 2 is 2.23 bits per heavy atom. The molecule has 1 heterocycles. The van der Waals surface area contributed by atoms with Crippen molar-refractivity contribution in [3.63, 3.8) is 0 Å². The smallest absolute Gasteiger partial charge is 0.0941 e. The van der Waals surface area contributed by atoms with Gasteiger partial charge in [-0.2, -0.15) is 0 Å². The molecule has 1 rings (SSSR count). The van der Waals surface area contributed by atoms with Crippen LogP contribution in [0.5, 0.6) is 0 Å². The minimum Gasteiger partial charge on any atom is -0.271 e. The summed E-state index contributed by atoms with van der Waals surface area (Å²) >= 11 is 1.37. The Hall–Kier alpha value is -0.520. The predicted octanol–water partition coefficient (Wildman–Crippen LogP) is 1.48. The predicted molar refractivity (Wildman–Crippen MR) is 54.0 cm³/mol. The molecule has 4 nitrogen and oxygen atoms in total. The first-order valence-corrected chi connectivity index (χ1v) is 5.40. The van der Waals surface area contributed by atoms with Crippen molar-refractivity contribution in [2.75, 3.05) is 0 Å². The number of nitrogens with zero attached hydrogens (tertiary/aromatic N) is 2. The third-order valence-electron chi connectivity index (χ3n) is 2.40. The highest BCUT2D eigenvalue weighted by Crippen LogP contribution is 2.25. The van der Waals surface area contributed by atoms with Gasteiger partial charge in [-0.15, -0.1) is 5.10 Å². The first kappa shape index (κ1) is 10.6. The summed E-state index contributed by atoms with van der Waals surface area (Å²) in [5, 5.41) is 5.98. The summed E-state index contributed by atoms with van der Waals surface area (Å²) in [7, 11) is 0. The summed E-state index contributed by atoms with van der Waals surface area (Å²) in [4.78, 5) is 0. The van der Waals surface area contributed by atoms with Crippen LogP contribution in [-0.4, -0.2) is 9.59 Å². The average Bonchev–Trinajstić information content (AvgIpc) is 2.66. The fraction of sp³-hybridized carbons (Fsp3) is 0.750. The summed E-state index contributed by atoms with van der Waals surface area (Å²) in [6.45, 7) is 4.33. The molecular formula is C8H16N4S. The summed E-state index contributed by atoms with van der Waals surface area (Å²) in [5.74, 6) is 6.04. The zero-order valence-electron chi connectivity index (χ0n) is 8.03. The van der Waals surface area contributed by atoms with Crippen molar-refractivity contribution in [3.05, 3.63) is 11.1 Å². The largest absolute Gasteiger partial charge is 0.271 e. The van der Waals surface area contributed by atoms with Gasteiger partial charge < -0.3 is 0 Å². The van der Waals surface area contributed by atoms with E-state index in [9.17, 15) is 0 Å². The molecular weight excluding hydrogens is 184 g/mol. The lowest BCUT2D eigenvalue weighted by Crippen LogP contribution is -2.33. The third-order valence-corrected chi connectivity index (χ3v) is 2.92. The van der Waals surface area contributed by atoms with Gasteiger partial charge in [-0.25, -0.2) is 0 Å². The first-order chi connectivity index (χ1) is 6.33. The minimum atomic E-state index is 0.147. The highest BCUT2D eigenvalue weighted by molar-refractivity contribution is 7.03. The molecule has 1 aromatic rings. The second kappa shape index (κ2) is 5.26. The molecule has 3 N–H and O–H groups in total. The molecule has 0 aliphatic carbocycles. The van der Waals surface area contributed by atoms with Crippen molar-refractivity contribution in [1.82, 2.24) is 15.0 Å². The molecule has 0 aliphatic rings. The van der Waals surface area contributed by atoms with E-state index in [0.29, 0.717) is 5.92 Å². The Balaban J connectivity index is 2.72. The number of nitrogens with two attached hydrogens (primary N) is 1. The molecule has 0 aliphatic heterocycles. The molecule has 0 radical (unpaired) electrons. The van der Waals surface area contributed by atoms with Crippen molar-refractivity contribution in [2.24, 2.45) is 11.8 Å². The van der Waals surface area contributed by atoms with Gasteiger partial charge in [-0.05, 0) is 17.5 Å². The average molecular weight is 200 g/mol. The lowest BCUT2D eigenvalue weighted by atomic mass is 9.93. The van der Waals surface area contributed by atoms with Crippen LogP contribution in [0.15, 0.2) is 5.38 Å². The van der Waals surface area contributed by atoms with Gasteiger partial charge in [0.1, 0.15) is 0 Å². The van der Waals surface area contributed by atoms with E-state index in [-0.39, 0.29) is 6.04 Å². The zero-order valence-corrected chi connectivity index (χ0v) is 8.84. The third kappa shape index (κ3) is 2.46. The summed E-state index contributed by atoms with van der Waals surface area (Å²) < 4.78 is 3.84. The van der Waals surface area contributed by atoms with Gasteiger partial charge in [0.05, 0.1) is 11.7 Å². The van der Waals surface area contributed by atoms with Gasteiger partial charge in [-0.1, -0.05) is 31.2 Å². The van der Waals surface area contributed by atoms with E-state index in [0.717, 1.165) is 18.5 Å². The molecule has 1 aromatic heterocycles. The van der Waals surface area contributed by atoms with E-state index in [1.165, 1.54) is 11.5 Å². The molecule has 1 unspecified atom stereocenters. The number of hydrazine groups is 1. The first-order valence-electron chi connectivity index (χ1n) is 4.56. The number of hydrogen-bond acceptors (Lipinski definition) is 5. The normalized spacial score (nSPS) is 13.5. The van der Waals surface area contributed by atoms with Gasteiger partial charge in [0, 0.05) is 5.38 Å². The van der Waals surface area contributed by atoms with Gasteiger partial charge >= 0.3 is 0 Å². The van der Waals surface area contributed by atoms with Crippen molar-refractivity contribution in [1.29, 1.82) is 0 Å². The van der Waals surface area contributed by atoms with E-state index in [2.05, 4.69) is 28.9 Å². The highest BCUT2D eigenvalue weighted by Gasteiger charge is 2.20. The summed E-state index contributed by atoms with van der Waals surface area (Å²) in [6.07, 6.45) is 2.20. The number of aromatic nitrogens is 2. The zero-order chi connectivity index (χ0) is 9.68. The summed E-state index contributed by atoms with van der Waals surface area (Å²) in [6, 6.07) is 0.147. The maximum atomic E-state index is 5.50. The maximum absolute atomic E-state index is 5.50. The number of rotatable bonds is 5. The molecule has 13 heavy (non-hydrogen) atoms. The fourth-order valence-corrected chi connectivity index (χ4v) is 2.02. The van der Waals surface area contributed by atoms with Crippen molar-refractivity contribution >= 4 is 11.5 Å². The molecule has 0 saturated heterocycles. The lowest BCUT2D eigenvalue weighted by molar-refractivity contribution is 0.339.